The number of sulfonamides is 1. The lowest BCUT2D eigenvalue weighted by Gasteiger charge is -2.22. The summed E-state index contributed by atoms with van der Waals surface area (Å²) in [6, 6.07) is 8.22. The third-order valence-electron chi connectivity index (χ3n) is 2.81. The standard InChI is InChI=1S/C14H13Cl2N3O3S2/c1-24(21,22)19(12-6-2-5-11(15)14(12)16)9-13(20)18-17-8-10-4-3-7-23-10/h2-8H,9H2,1H3,(H,18,20). The van der Waals surface area contributed by atoms with Gasteiger partial charge in [0.1, 0.15) is 6.54 Å². The topological polar surface area (TPSA) is 78.8 Å². The van der Waals surface area contributed by atoms with Crippen molar-refractivity contribution in [2.45, 2.75) is 0 Å². The average molecular weight is 406 g/mol. The minimum Gasteiger partial charge on any atom is -0.271 e. The zero-order valence-electron chi connectivity index (χ0n) is 12.4. The van der Waals surface area contributed by atoms with Crippen molar-refractivity contribution in [2.75, 3.05) is 17.1 Å². The van der Waals surface area contributed by atoms with E-state index in [2.05, 4.69) is 10.5 Å². The molecule has 0 saturated heterocycles. The molecule has 10 heteroatoms. The first kappa shape index (κ1) is 18.7. The predicted octanol–water partition coefficient (Wildman–Crippen LogP) is 2.97. The number of hydrogen-bond acceptors (Lipinski definition) is 5. The zero-order valence-corrected chi connectivity index (χ0v) is 15.6. The molecule has 0 saturated carbocycles. The Balaban J connectivity index is 2.15. The molecule has 0 fully saturated rings. The van der Waals surface area contributed by atoms with Crippen molar-refractivity contribution in [1.29, 1.82) is 0 Å². The van der Waals surface area contributed by atoms with Crippen LogP contribution in [0.15, 0.2) is 40.8 Å². The molecule has 0 aliphatic heterocycles. The largest absolute Gasteiger partial charge is 0.271 e. The Bertz CT molecular complexity index is 852. The molecule has 0 spiro atoms. The van der Waals surface area contributed by atoms with Gasteiger partial charge < -0.3 is 0 Å². The van der Waals surface area contributed by atoms with Gasteiger partial charge in [-0.25, -0.2) is 13.8 Å². The summed E-state index contributed by atoms with van der Waals surface area (Å²) in [6.07, 6.45) is 2.45. The summed E-state index contributed by atoms with van der Waals surface area (Å²) < 4.78 is 24.9. The molecule has 6 nitrogen and oxygen atoms in total. The Hall–Kier alpha value is -1.61. The van der Waals surface area contributed by atoms with Crippen LogP contribution in [0.1, 0.15) is 4.88 Å². The molecule has 1 aromatic heterocycles. The number of halogens is 2. The molecule has 128 valence electrons. The predicted molar refractivity (Wildman–Crippen MR) is 98.7 cm³/mol. The van der Waals surface area contributed by atoms with E-state index in [9.17, 15) is 13.2 Å². The molecule has 1 aromatic carbocycles. The van der Waals surface area contributed by atoms with Gasteiger partial charge in [-0.2, -0.15) is 5.10 Å². The maximum Gasteiger partial charge on any atom is 0.260 e. The maximum atomic E-state index is 12.0. The number of anilines is 1. The van der Waals surface area contributed by atoms with Crippen LogP contribution in [0, 0.1) is 0 Å². The lowest BCUT2D eigenvalue weighted by molar-refractivity contribution is -0.119. The molecule has 1 heterocycles. The number of carbonyl (C=O) groups is 1. The van der Waals surface area contributed by atoms with Gasteiger partial charge in [-0.15, -0.1) is 11.3 Å². The summed E-state index contributed by atoms with van der Waals surface area (Å²) in [6.45, 7) is -0.472. The highest BCUT2D eigenvalue weighted by atomic mass is 35.5. The third kappa shape index (κ3) is 4.94. The lowest BCUT2D eigenvalue weighted by Crippen LogP contribution is -2.39. The normalized spacial score (nSPS) is 11.6. The molecular weight excluding hydrogens is 393 g/mol. The molecule has 0 atom stereocenters. The van der Waals surface area contributed by atoms with Crippen LogP contribution in [0.2, 0.25) is 10.0 Å². The number of nitrogens with one attached hydrogen (secondary N) is 1. The van der Waals surface area contributed by atoms with Crippen molar-refractivity contribution in [3.8, 4) is 0 Å². The molecule has 0 radical (unpaired) electrons. The Kier molecular flexibility index (Phi) is 6.22. The Morgan fingerprint density at radius 1 is 1.33 bits per heavy atom. The van der Waals surface area contributed by atoms with Crippen LogP contribution in [-0.4, -0.2) is 33.3 Å². The number of nitrogens with zero attached hydrogens (tertiary/aromatic N) is 2. The van der Waals surface area contributed by atoms with Gasteiger partial charge >= 0.3 is 0 Å². The fraction of sp³-hybridized carbons (Fsp3) is 0.143. The first-order valence-corrected chi connectivity index (χ1v) is 10.0. The molecule has 2 rings (SSSR count). The monoisotopic (exact) mass is 405 g/mol. The smallest absolute Gasteiger partial charge is 0.260 e. The summed E-state index contributed by atoms with van der Waals surface area (Å²) in [4.78, 5) is 12.8. The highest BCUT2D eigenvalue weighted by Gasteiger charge is 2.23. The van der Waals surface area contributed by atoms with E-state index in [0.29, 0.717) is 0 Å². The van der Waals surface area contributed by atoms with E-state index in [1.807, 2.05) is 17.5 Å². The number of carbonyl (C=O) groups excluding carboxylic acids is 1. The van der Waals surface area contributed by atoms with Crippen molar-refractivity contribution < 1.29 is 13.2 Å². The van der Waals surface area contributed by atoms with Crippen molar-refractivity contribution in [3.63, 3.8) is 0 Å². The fourth-order valence-electron chi connectivity index (χ4n) is 1.76. The van der Waals surface area contributed by atoms with E-state index in [-0.39, 0.29) is 15.7 Å². The second-order valence-corrected chi connectivity index (χ2v) is 8.32. The second kappa shape index (κ2) is 7.98. The van der Waals surface area contributed by atoms with E-state index in [4.69, 9.17) is 23.2 Å². The Morgan fingerprint density at radius 3 is 2.71 bits per heavy atom. The highest BCUT2D eigenvalue weighted by molar-refractivity contribution is 7.92. The number of rotatable bonds is 6. The maximum absolute atomic E-state index is 12.0. The molecule has 0 bridgehead atoms. The van der Waals surface area contributed by atoms with Gasteiger partial charge in [-0.05, 0) is 23.6 Å². The number of hydrogen-bond donors (Lipinski definition) is 1. The van der Waals surface area contributed by atoms with Crippen molar-refractivity contribution in [2.24, 2.45) is 5.10 Å². The summed E-state index contributed by atoms with van der Waals surface area (Å²) in [5.74, 6) is -0.607. The molecule has 2 aromatic rings. The van der Waals surface area contributed by atoms with Crippen LogP contribution in [0.4, 0.5) is 5.69 Å². The first-order valence-electron chi connectivity index (χ1n) is 6.56. The van der Waals surface area contributed by atoms with E-state index in [1.54, 1.807) is 6.07 Å². The Labute approximate surface area is 153 Å². The van der Waals surface area contributed by atoms with E-state index in [0.717, 1.165) is 15.4 Å². The third-order valence-corrected chi connectivity index (χ3v) is 5.55. The van der Waals surface area contributed by atoms with Gasteiger partial charge in [0.2, 0.25) is 10.0 Å². The quantitative estimate of drug-likeness (QED) is 0.592. The molecule has 0 aliphatic carbocycles. The van der Waals surface area contributed by atoms with Gasteiger partial charge in [0.15, 0.2) is 0 Å². The summed E-state index contributed by atoms with van der Waals surface area (Å²) in [7, 11) is -3.74. The molecule has 24 heavy (non-hydrogen) atoms. The van der Waals surface area contributed by atoms with E-state index >= 15 is 0 Å². The van der Waals surface area contributed by atoms with Crippen LogP contribution < -0.4 is 9.73 Å². The van der Waals surface area contributed by atoms with Crippen LogP contribution in [0.3, 0.4) is 0 Å². The number of benzene rings is 1. The lowest BCUT2D eigenvalue weighted by atomic mass is 10.3. The van der Waals surface area contributed by atoms with Gasteiger partial charge in [-0.1, -0.05) is 35.3 Å². The zero-order chi connectivity index (χ0) is 17.7. The van der Waals surface area contributed by atoms with Gasteiger partial charge in [0, 0.05) is 4.88 Å². The highest BCUT2D eigenvalue weighted by Crippen LogP contribution is 2.33. The van der Waals surface area contributed by atoms with Crippen LogP contribution >= 0.6 is 34.5 Å². The molecular formula is C14H13Cl2N3O3S2. The SMILES string of the molecule is CS(=O)(=O)N(CC(=O)NN=Cc1cccs1)c1cccc(Cl)c1Cl. The van der Waals surface area contributed by atoms with E-state index in [1.165, 1.54) is 29.7 Å². The van der Waals surface area contributed by atoms with Gasteiger partial charge in [0.25, 0.3) is 5.91 Å². The molecule has 0 aliphatic rings. The van der Waals surface area contributed by atoms with Crippen LogP contribution in [0.25, 0.3) is 0 Å². The van der Waals surface area contributed by atoms with Crippen LogP contribution in [-0.2, 0) is 14.8 Å². The van der Waals surface area contributed by atoms with Crippen LogP contribution in [0.5, 0.6) is 0 Å². The number of amides is 1. The summed E-state index contributed by atoms with van der Waals surface area (Å²) in [5, 5.41) is 5.91. The average Bonchev–Trinajstić information content (AvgIpc) is 3.00. The minimum atomic E-state index is -3.74. The summed E-state index contributed by atoms with van der Waals surface area (Å²) >= 11 is 13.4. The second-order valence-electron chi connectivity index (χ2n) is 4.65. The Morgan fingerprint density at radius 2 is 2.08 bits per heavy atom. The van der Waals surface area contributed by atoms with Crippen molar-refractivity contribution >= 4 is 62.4 Å². The molecule has 1 N–H and O–H groups in total. The first-order chi connectivity index (χ1) is 11.3. The minimum absolute atomic E-state index is 0.0551. The van der Waals surface area contributed by atoms with Gasteiger partial charge in [0.05, 0.1) is 28.2 Å². The number of hydrazone groups is 1. The van der Waals surface area contributed by atoms with Gasteiger partial charge in [-0.3, -0.25) is 9.10 Å². The molecule has 1 amide bonds. The number of thiophene rings is 1. The van der Waals surface area contributed by atoms with Crippen molar-refractivity contribution in [1.82, 2.24) is 5.43 Å². The molecule has 0 unspecified atom stereocenters. The fourth-order valence-corrected chi connectivity index (χ4v) is 3.66. The summed E-state index contributed by atoms with van der Waals surface area (Å²) in [5.41, 5.74) is 2.41. The van der Waals surface area contributed by atoms with E-state index < -0.39 is 22.5 Å². The van der Waals surface area contributed by atoms with Crippen molar-refractivity contribution in [3.05, 3.63) is 50.6 Å².